The standard InChI is InChI=1S/C26H22ClN3O4/c1-34-21-11-6-18-15-30(23(31)22(18)14-21)13-12-26(24(32)28-25(33)29-26)19-7-2-16(3-8-19)17-4-9-20(27)10-5-17/h2-11,14H,12-13,15H2,1H3,(H2,28,29,32,33)/t26-/m0/s1. The molecule has 3 aromatic rings. The number of rotatable bonds is 6. The number of carbonyl (C=O) groups is 3. The third-order valence-electron chi connectivity index (χ3n) is 6.45. The Morgan fingerprint density at radius 2 is 1.65 bits per heavy atom. The lowest BCUT2D eigenvalue weighted by atomic mass is 9.85. The van der Waals surface area contributed by atoms with Crippen LogP contribution in [0.1, 0.15) is 27.9 Å². The summed E-state index contributed by atoms with van der Waals surface area (Å²) in [5.74, 6) is 0.0723. The summed E-state index contributed by atoms with van der Waals surface area (Å²) in [5, 5.41) is 5.81. The van der Waals surface area contributed by atoms with Crippen LogP contribution in [0.25, 0.3) is 11.1 Å². The van der Waals surface area contributed by atoms with Gasteiger partial charge >= 0.3 is 6.03 Å². The van der Waals surface area contributed by atoms with E-state index in [2.05, 4.69) is 10.6 Å². The molecule has 4 amide bonds. The summed E-state index contributed by atoms with van der Waals surface area (Å²) in [6.45, 7) is 0.738. The number of hydrogen-bond acceptors (Lipinski definition) is 4. The number of halogens is 1. The van der Waals surface area contributed by atoms with Crippen molar-refractivity contribution in [3.63, 3.8) is 0 Å². The molecule has 5 rings (SSSR count). The number of urea groups is 1. The van der Waals surface area contributed by atoms with Crippen LogP contribution in [0.4, 0.5) is 4.79 Å². The lowest BCUT2D eigenvalue weighted by Gasteiger charge is -2.29. The summed E-state index contributed by atoms with van der Waals surface area (Å²) in [4.78, 5) is 39.7. The van der Waals surface area contributed by atoms with Gasteiger partial charge in [0.25, 0.3) is 11.8 Å². The first-order valence-electron chi connectivity index (χ1n) is 10.9. The van der Waals surface area contributed by atoms with Crippen LogP contribution in [0.2, 0.25) is 5.02 Å². The van der Waals surface area contributed by atoms with Gasteiger partial charge in [-0.2, -0.15) is 0 Å². The van der Waals surface area contributed by atoms with Crippen LogP contribution in [0, 0.1) is 0 Å². The minimum absolute atomic E-state index is 0.119. The van der Waals surface area contributed by atoms with Gasteiger partial charge in [-0.25, -0.2) is 4.79 Å². The monoisotopic (exact) mass is 475 g/mol. The van der Waals surface area contributed by atoms with Crippen molar-refractivity contribution in [2.75, 3.05) is 13.7 Å². The van der Waals surface area contributed by atoms with Crippen LogP contribution >= 0.6 is 11.6 Å². The van der Waals surface area contributed by atoms with Gasteiger partial charge in [0.15, 0.2) is 0 Å². The molecule has 1 fully saturated rings. The molecule has 2 aliphatic heterocycles. The first-order valence-corrected chi connectivity index (χ1v) is 11.2. The number of amides is 4. The van der Waals surface area contributed by atoms with Crippen LogP contribution in [0.15, 0.2) is 66.7 Å². The van der Waals surface area contributed by atoms with Crippen LogP contribution in [-0.4, -0.2) is 36.4 Å². The SMILES string of the molecule is COc1ccc2c(c1)C(=O)N(CC[C@@]1(c3ccc(-c4ccc(Cl)cc4)cc3)NC(=O)NC1=O)C2. The largest absolute Gasteiger partial charge is 0.497 e. The Kier molecular flexibility index (Phi) is 5.49. The molecule has 8 heteroatoms. The summed E-state index contributed by atoms with van der Waals surface area (Å²) in [6.07, 6.45) is 0.238. The van der Waals surface area contributed by atoms with Crippen molar-refractivity contribution in [1.29, 1.82) is 0 Å². The highest BCUT2D eigenvalue weighted by molar-refractivity contribution is 6.30. The van der Waals surface area contributed by atoms with Crippen molar-refractivity contribution in [2.24, 2.45) is 0 Å². The van der Waals surface area contributed by atoms with E-state index in [9.17, 15) is 14.4 Å². The summed E-state index contributed by atoms with van der Waals surface area (Å²) < 4.78 is 5.23. The van der Waals surface area contributed by atoms with Crippen LogP contribution in [0.3, 0.4) is 0 Å². The van der Waals surface area contributed by atoms with E-state index in [1.165, 1.54) is 0 Å². The Hall–Kier alpha value is -3.84. The molecule has 0 aromatic heterocycles. The summed E-state index contributed by atoms with van der Waals surface area (Å²) in [7, 11) is 1.56. The normalized spacial score (nSPS) is 19.1. The van der Waals surface area contributed by atoms with E-state index in [1.807, 2.05) is 60.7 Å². The van der Waals surface area contributed by atoms with E-state index < -0.39 is 17.5 Å². The predicted molar refractivity (Wildman–Crippen MR) is 128 cm³/mol. The van der Waals surface area contributed by atoms with Gasteiger partial charge in [-0.15, -0.1) is 0 Å². The van der Waals surface area contributed by atoms with E-state index in [4.69, 9.17) is 16.3 Å². The van der Waals surface area contributed by atoms with E-state index in [0.717, 1.165) is 16.7 Å². The molecule has 2 heterocycles. The maximum Gasteiger partial charge on any atom is 0.322 e. The number of imide groups is 1. The molecule has 7 nitrogen and oxygen atoms in total. The Morgan fingerprint density at radius 3 is 2.26 bits per heavy atom. The van der Waals surface area contributed by atoms with Gasteiger partial charge in [0.1, 0.15) is 11.3 Å². The molecule has 0 saturated carbocycles. The molecule has 2 N–H and O–H groups in total. The van der Waals surface area contributed by atoms with E-state index in [-0.39, 0.29) is 12.3 Å². The van der Waals surface area contributed by atoms with Crippen molar-refractivity contribution in [3.8, 4) is 16.9 Å². The first kappa shape index (κ1) is 22.0. The highest BCUT2D eigenvalue weighted by Gasteiger charge is 2.48. The Bertz CT molecular complexity index is 1290. The average Bonchev–Trinajstić information content (AvgIpc) is 3.33. The molecular weight excluding hydrogens is 454 g/mol. The first-order chi connectivity index (χ1) is 16.4. The molecule has 0 spiro atoms. The van der Waals surface area contributed by atoms with Crippen molar-refractivity contribution >= 4 is 29.4 Å². The van der Waals surface area contributed by atoms with Crippen molar-refractivity contribution in [3.05, 3.63) is 88.4 Å². The van der Waals surface area contributed by atoms with Gasteiger partial charge in [-0.1, -0.05) is 54.1 Å². The molecular formula is C26H22ClN3O4. The molecule has 2 aliphatic rings. The van der Waals surface area contributed by atoms with Crippen LogP contribution in [-0.2, 0) is 16.9 Å². The predicted octanol–water partition coefficient (Wildman–Crippen LogP) is 4.10. The van der Waals surface area contributed by atoms with Crippen molar-refractivity contribution in [2.45, 2.75) is 18.5 Å². The molecule has 0 radical (unpaired) electrons. The molecule has 3 aromatic carbocycles. The van der Waals surface area contributed by atoms with E-state index in [0.29, 0.717) is 35.0 Å². The zero-order chi connectivity index (χ0) is 23.9. The molecule has 0 unspecified atom stereocenters. The number of benzene rings is 3. The minimum atomic E-state index is -1.26. The fourth-order valence-corrected chi connectivity index (χ4v) is 4.68. The van der Waals surface area contributed by atoms with E-state index >= 15 is 0 Å². The van der Waals surface area contributed by atoms with Gasteiger partial charge < -0.3 is 15.0 Å². The van der Waals surface area contributed by atoms with E-state index in [1.54, 1.807) is 18.1 Å². The summed E-state index contributed by atoms with van der Waals surface area (Å²) >= 11 is 5.98. The van der Waals surface area contributed by atoms with Gasteiger partial charge in [0.2, 0.25) is 0 Å². The molecule has 0 bridgehead atoms. The Morgan fingerprint density at radius 1 is 0.971 bits per heavy atom. The number of ether oxygens (including phenoxy) is 1. The quantitative estimate of drug-likeness (QED) is 0.525. The third kappa shape index (κ3) is 3.78. The number of methoxy groups -OCH3 is 1. The number of fused-ring (bicyclic) bond motifs is 1. The third-order valence-corrected chi connectivity index (χ3v) is 6.70. The van der Waals surface area contributed by atoms with Gasteiger partial charge in [-0.05, 0) is 46.5 Å². The Balaban J connectivity index is 1.39. The second kappa shape index (κ2) is 8.50. The zero-order valence-corrected chi connectivity index (χ0v) is 19.2. The smallest absolute Gasteiger partial charge is 0.322 e. The molecule has 0 aliphatic carbocycles. The van der Waals surface area contributed by atoms with Gasteiger partial charge in [0.05, 0.1) is 7.11 Å². The second-order valence-corrected chi connectivity index (χ2v) is 8.83. The highest BCUT2D eigenvalue weighted by atomic mass is 35.5. The molecule has 1 atom stereocenters. The van der Waals surface area contributed by atoms with Crippen LogP contribution < -0.4 is 15.4 Å². The molecule has 172 valence electrons. The van der Waals surface area contributed by atoms with Gasteiger partial charge in [-0.3, -0.25) is 14.9 Å². The number of carbonyl (C=O) groups excluding carboxylic acids is 3. The molecule has 34 heavy (non-hydrogen) atoms. The van der Waals surface area contributed by atoms with Crippen molar-refractivity contribution < 1.29 is 19.1 Å². The lowest BCUT2D eigenvalue weighted by molar-refractivity contribution is -0.124. The number of nitrogens with zero attached hydrogens (tertiary/aromatic N) is 1. The highest BCUT2D eigenvalue weighted by Crippen LogP contribution is 2.33. The maximum atomic E-state index is 13.0. The number of nitrogens with one attached hydrogen (secondary N) is 2. The second-order valence-electron chi connectivity index (χ2n) is 8.40. The Labute approximate surface area is 201 Å². The maximum absolute atomic E-state index is 13.0. The minimum Gasteiger partial charge on any atom is -0.497 e. The fraction of sp³-hybridized carbons (Fsp3) is 0.192. The average molecular weight is 476 g/mol. The van der Waals surface area contributed by atoms with Gasteiger partial charge in [0, 0.05) is 30.1 Å². The summed E-state index contributed by atoms with van der Waals surface area (Å²) in [5.41, 5.74) is 2.84. The number of hydrogen-bond donors (Lipinski definition) is 2. The molecule has 1 saturated heterocycles. The van der Waals surface area contributed by atoms with Crippen LogP contribution in [0.5, 0.6) is 5.75 Å². The lowest BCUT2D eigenvalue weighted by Crippen LogP contribution is -2.46. The van der Waals surface area contributed by atoms with Crippen molar-refractivity contribution in [1.82, 2.24) is 15.5 Å². The zero-order valence-electron chi connectivity index (χ0n) is 18.4. The summed E-state index contributed by atoms with van der Waals surface area (Å²) in [6, 6.07) is 19.8. The topological polar surface area (TPSA) is 87.7 Å². The fourth-order valence-electron chi connectivity index (χ4n) is 4.56.